The van der Waals surface area contributed by atoms with Crippen LogP contribution in [-0.4, -0.2) is 25.0 Å². The van der Waals surface area contributed by atoms with E-state index in [1.165, 1.54) is 30.3 Å². The van der Waals surface area contributed by atoms with E-state index in [1.807, 2.05) is 13.0 Å². The summed E-state index contributed by atoms with van der Waals surface area (Å²) in [6.07, 6.45) is 1.43. The average Bonchev–Trinajstić information content (AvgIpc) is 2.84. The maximum absolute atomic E-state index is 13.0. The zero-order chi connectivity index (χ0) is 24.3. The second-order valence-corrected chi connectivity index (χ2v) is 7.00. The standard InChI is InChI=1S/C26H22FN3O4/c1-2-33-23-12-10-22(11-13-23)30-26(32)19(16-28)14-18-4-3-5-24(15-18)34-17-25(31)29-21-8-6-20(27)7-9-21/h3-15H,2,17H2,1H3,(H,29,31)(H,30,32). The predicted octanol–water partition coefficient (Wildman–Crippen LogP) is 4.79. The van der Waals surface area contributed by atoms with Gasteiger partial charge in [0.05, 0.1) is 6.61 Å². The van der Waals surface area contributed by atoms with Gasteiger partial charge in [-0.2, -0.15) is 5.26 Å². The zero-order valence-corrected chi connectivity index (χ0v) is 18.4. The van der Waals surface area contributed by atoms with Crippen molar-refractivity contribution in [1.82, 2.24) is 0 Å². The lowest BCUT2D eigenvalue weighted by Gasteiger charge is -2.09. The number of ether oxygens (including phenoxy) is 2. The van der Waals surface area contributed by atoms with Crippen LogP contribution in [0.2, 0.25) is 0 Å². The second-order valence-electron chi connectivity index (χ2n) is 7.00. The second kappa shape index (κ2) is 11.8. The van der Waals surface area contributed by atoms with Gasteiger partial charge in [0.25, 0.3) is 11.8 Å². The van der Waals surface area contributed by atoms with E-state index in [1.54, 1.807) is 48.5 Å². The van der Waals surface area contributed by atoms with Gasteiger partial charge < -0.3 is 20.1 Å². The first-order valence-corrected chi connectivity index (χ1v) is 10.4. The number of halogens is 1. The van der Waals surface area contributed by atoms with Crippen LogP contribution in [0.15, 0.2) is 78.4 Å². The molecule has 7 nitrogen and oxygen atoms in total. The first-order chi connectivity index (χ1) is 16.5. The minimum atomic E-state index is -0.559. The summed E-state index contributed by atoms with van der Waals surface area (Å²) in [5, 5.41) is 14.7. The topological polar surface area (TPSA) is 100 Å². The molecule has 172 valence electrons. The fourth-order valence-corrected chi connectivity index (χ4v) is 2.89. The molecule has 8 heteroatoms. The van der Waals surface area contributed by atoms with Crippen molar-refractivity contribution in [3.63, 3.8) is 0 Å². The SMILES string of the molecule is CCOc1ccc(NC(=O)C(C#N)=Cc2cccc(OCC(=O)Nc3ccc(F)cc3)c2)cc1. The van der Waals surface area contributed by atoms with Crippen LogP contribution in [0.25, 0.3) is 6.08 Å². The average molecular weight is 459 g/mol. The van der Waals surface area contributed by atoms with Crippen LogP contribution in [0, 0.1) is 17.1 Å². The molecule has 0 bridgehead atoms. The molecule has 0 saturated carbocycles. The van der Waals surface area contributed by atoms with Gasteiger partial charge in [-0.15, -0.1) is 0 Å². The number of nitrogens with zero attached hydrogens (tertiary/aromatic N) is 1. The molecule has 3 rings (SSSR count). The number of anilines is 2. The summed E-state index contributed by atoms with van der Waals surface area (Å²) in [5.41, 5.74) is 1.43. The Morgan fingerprint density at radius 1 is 0.941 bits per heavy atom. The Kier molecular flexibility index (Phi) is 8.36. The summed E-state index contributed by atoms with van der Waals surface area (Å²) < 4.78 is 23.8. The van der Waals surface area contributed by atoms with Gasteiger partial charge in [0, 0.05) is 11.4 Å². The van der Waals surface area contributed by atoms with Crippen molar-refractivity contribution in [2.45, 2.75) is 6.92 Å². The molecule has 0 aliphatic carbocycles. The van der Waals surface area contributed by atoms with Crippen LogP contribution >= 0.6 is 0 Å². The van der Waals surface area contributed by atoms with E-state index in [0.717, 1.165) is 0 Å². The summed E-state index contributed by atoms with van der Waals surface area (Å²) in [4.78, 5) is 24.6. The minimum Gasteiger partial charge on any atom is -0.494 e. The van der Waals surface area contributed by atoms with Crippen LogP contribution < -0.4 is 20.1 Å². The highest BCUT2D eigenvalue weighted by Crippen LogP contribution is 2.19. The number of amides is 2. The number of benzene rings is 3. The molecule has 0 radical (unpaired) electrons. The van der Waals surface area contributed by atoms with Crippen molar-refractivity contribution in [3.05, 3.63) is 89.8 Å². The molecule has 0 aliphatic heterocycles. The number of nitriles is 1. The molecule has 0 aromatic heterocycles. The summed E-state index contributed by atoms with van der Waals surface area (Å²) >= 11 is 0. The Labute approximate surface area is 196 Å². The van der Waals surface area contributed by atoms with Gasteiger partial charge in [0.2, 0.25) is 0 Å². The number of carbonyl (C=O) groups excluding carboxylic acids is 2. The van der Waals surface area contributed by atoms with Crippen LogP contribution in [-0.2, 0) is 9.59 Å². The molecular weight excluding hydrogens is 437 g/mol. The van der Waals surface area contributed by atoms with E-state index in [9.17, 15) is 19.2 Å². The molecule has 0 atom stereocenters. The van der Waals surface area contributed by atoms with E-state index in [2.05, 4.69) is 10.6 Å². The lowest BCUT2D eigenvalue weighted by atomic mass is 10.1. The molecule has 3 aromatic carbocycles. The predicted molar refractivity (Wildman–Crippen MR) is 127 cm³/mol. The van der Waals surface area contributed by atoms with E-state index in [0.29, 0.717) is 35.0 Å². The van der Waals surface area contributed by atoms with Crippen LogP contribution in [0.4, 0.5) is 15.8 Å². The highest BCUT2D eigenvalue weighted by molar-refractivity contribution is 6.09. The minimum absolute atomic E-state index is 0.0971. The molecule has 34 heavy (non-hydrogen) atoms. The Morgan fingerprint density at radius 3 is 2.29 bits per heavy atom. The third-order valence-electron chi connectivity index (χ3n) is 4.46. The Morgan fingerprint density at radius 2 is 1.62 bits per heavy atom. The third kappa shape index (κ3) is 7.21. The van der Waals surface area contributed by atoms with Gasteiger partial charge in [-0.05, 0) is 79.2 Å². The molecule has 2 N–H and O–H groups in total. The van der Waals surface area contributed by atoms with E-state index in [-0.39, 0.29) is 12.2 Å². The summed E-state index contributed by atoms with van der Waals surface area (Å²) in [6, 6.07) is 20.7. The molecule has 0 fully saturated rings. The molecule has 0 unspecified atom stereocenters. The maximum Gasteiger partial charge on any atom is 0.266 e. The van der Waals surface area contributed by atoms with Gasteiger partial charge in [-0.1, -0.05) is 12.1 Å². The highest BCUT2D eigenvalue weighted by Gasteiger charge is 2.10. The Hall–Kier alpha value is -4.64. The van der Waals surface area contributed by atoms with Gasteiger partial charge in [-0.25, -0.2) is 4.39 Å². The number of carbonyl (C=O) groups is 2. The van der Waals surface area contributed by atoms with E-state index < -0.39 is 17.6 Å². The maximum atomic E-state index is 13.0. The quantitative estimate of drug-likeness (QED) is 0.354. The Bertz CT molecular complexity index is 1220. The van der Waals surface area contributed by atoms with Crippen molar-refractivity contribution in [2.24, 2.45) is 0 Å². The molecular formula is C26H22FN3O4. The van der Waals surface area contributed by atoms with E-state index >= 15 is 0 Å². The molecule has 0 saturated heterocycles. The number of nitrogens with one attached hydrogen (secondary N) is 2. The number of hydrogen-bond donors (Lipinski definition) is 2. The van der Waals surface area contributed by atoms with Gasteiger partial charge in [0.15, 0.2) is 6.61 Å². The first kappa shape index (κ1) is 24.0. The van der Waals surface area contributed by atoms with Gasteiger partial charge in [0.1, 0.15) is 29.0 Å². The largest absolute Gasteiger partial charge is 0.494 e. The monoisotopic (exact) mass is 459 g/mol. The van der Waals surface area contributed by atoms with Gasteiger partial charge in [-0.3, -0.25) is 9.59 Å². The van der Waals surface area contributed by atoms with Crippen LogP contribution in [0.3, 0.4) is 0 Å². The van der Waals surface area contributed by atoms with Crippen molar-refractivity contribution < 1.29 is 23.5 Å². The first-order valence-electron chi connectivity index (χ1n) is 10.4. The molecule has 0 aliphatic rings. The van der Waals surface area contributed by atoms with Crippen molar-refractivity contribution in [3.8, 4) is 17.6 Å². The lowest BCUT2D eigenvalue weighted by molar-refractivity contribution is -0.118. The van der Waals surface area contributed by atoms with Crippen LogP contribution in [0.1, 0.15) is 12.5 Å². The third-order valence-corrected chi connectivity index (χ3v) is 4.46. The number of rotatable bonds is 9. The molecule has 0 heterocycles. The van der Waals surface area contributed by atoms with Gasteiger partial charge >= 0.3 is 0 Å². The fourth-order valence-electron chi connectivity index (χ4n) is 2.89. The fraction of sp³-hybridized carbons (Fsp3) is 0.115. The highest BCUT2D eigenvalue weighted by atomic mass is 19.1. The molecule has 0 spiro atoms. The smallest absolute Gasteiger partial charge is 0.266 e. The van der Waals surface area contributed by atoms with Crippen molar-refractivity contribution in [2.75, 3.05) is 23.8 Å². The van der Waals surface area contributed by atoms with Crippen molar-refractivity contribution in [1.29, 1.82) is 5.26 Å². The summed E-state index contributed by atoms with van der Waals surface area (Å²) in [7, 11) is 0. The zero-order valence-electron chi connectivity index (χ0n) is 18.4. The lowest BCUT2D eigenvalue weighted by Crippen LogP contribution is -2.20. The normalized spacial score (nSPS) is 10.7. The van der Waals surface area contributed by atoms with E-state index in [4.69, 9.17) is 9.47 Å². The summed E-state index contributed by atoms with van der Waals surface area (Å²) in [6.45, 7) is 2.14. The number of hydrogen-bond acceptors (Lipinski definition) is 5. The Balaban J connectivity index is 1.60. The summed E-state index contributed by atoms with van der Waals surface area (Å²) in [5.74, 6) is -0.312. The molecule has 3 aromatic rings. The van der Waals surface area contributed by atoms with Crippen molar-refractivity contribution >= 4 is 29.3 Å². The molecule has 2 amide bonds. The van der Waals surface area contributed by atoms with Crippen LogP contribution in [0.5, 0.6) is 11.5 Å².